The van der Waals surface area contributed by atoms with E-state index in [0.717, 1.165) is 12.5 Å². The van der Waals surface area contributed by atoms with E-state index < -0.39 is 0 Å². The quantitative estimate of drug-likeness (QED) is 0.813. The van der Waals surface area contributed by atoms with E-state index in [9.17, 15) is 0 Å². The molecule has 1 unspecified atom stereocenters. The molecule has 1 saturated carbocycles. The molecule has 1 fully saturated rings. The Morgan fingerprint density at radius 1 is 1.17 bits per heavy atom. The van der Waals surface area contributed by atoms with Crippen molar-refractivity contribution < 1.29 is 0 Å². The lowest BCUT2D eigenvalue weighted by Gasteiger charge is -2.32. The lowest BCUT2D eigenvalue weighted by Crippen LogP contribution is -2.39. The Labute approximate surface area is 112 Å². The minimum absolute atomic E-state index is 0.215. The van der Waals surface area contributed by atoms with Crippen LogP contribution in [0.15, 0.2) is 30.3 Å². The van der Waals surface area contributed by atoms with Crippen LogP contribution in [0.4, 0.5) is 0 Å². The molecular weight excluding hydrogens is 218 g/mol. The molecule has 1 aliphatic carbocycles. The largest absolute Gasteiger partial charge is 0.311 e. The average Bonchev–Trinajstić information content (AvgIpc) is 2.26. The molecule has 0 radical (unpaired) electrons. The summed E-state index contributed by atoms with van der Waals surface area (Å²) in [6.45, 7) is 7.85. The highest BCUT2D eigenvalue weighted by Crippen LogP contribution is 2.35. The highest BCUT2D eigenvalue weighted by molar-refractivity contribution is 5.20. The van der Waals surface area contributed by atoms with Gasteiger partial charge in [-0.2, -0.15) is 0 Å². The number of nitrogens with one attached hydrogen (secondary N) is 1. The molecule has 0 aromatic heterocycles. The monoisotopic (exact) mass is 245 g/mol. The number of benzene rings is 1. The number of hydrogen-bond acceptors (Lipinski definition) is 1. The zero-order valence-corrected chi connectivity index (χ0v) is 12.1. The van der Waals surface area contributed by atoms with Gasteiger partial charge in [0.2, 0.25) is 0 Å². The van der Waals surface area contributed by atoms with Crippen LogP contribution in [0.5, 0.6) is 0 Å². The first-order valence-corrected chi connectivity index (χ1v) is 7.34. The molecule has 1 nitrogen and oxygen atoms in total. The predicted molar refractivity (Wildman–Crippen MR) is 78.9 cm³/mol. The first kappa shape index (κ1) is 13.6. The summed E-state index contributed by atoms with van der Waals surface area (Å²) in [5, 5.41) is 3.67. The summed E-state index contributed by atoms with van der Waals surface area (Å²) >= 11 is 0. The van der Waals surface area contributed by atoms with Gasteiger partial charge in [0, 0.05) is 12.1 Å². The molecule has 18 heavy (non-hydrogen) atoms. The topological polar surface area (TPSA) is 12.0 Å². The van der Waals surface area contributed by atoms with Gasteiger partial charge in [-0.1, -0.05) is 49.6 Å². The molecule has 1 atom stereocenters. The normalized spacial score (nSPS) is 18.4. The van der Waals surface area contributed by atoms with Gasteiger partial charge in [-0.25, -0.2) is 0 Å². The third-order valence-electron chi connectivity index (χ3n) is 3.99. The molecule has 1 aliphatic rings. The van der Waals surface area contributed by atoms with Gasteiger partial charge >= 0.3 is 0 Å². The molecule has 0 saturated heterocycles. The van der Waals surface area contributed by atoms with Gasteiger partial charge in [0.05, 0.1) is 0 Å². The Bertz CT molecular complexity index is 346. The molecule has 0 aliphatic heterocycles. The Morgan fingerprint density at radius 2 is 1.83 bits per heavy atom. The maximum Gasteiger partial charge on any atom is 0.00967 e. The van der Waals surface area contributed by atoms with Gasteiger partial charge in [-0.3, -0.25) is 0 Å². The van der Waals surface area contributed by atoms with Crippen molar-refractivity contribution in [3.8, 4) is 0 Å². The highest BCUT2D eigenvalue weighted by atomic mass is 14.9. The Hall–Kier alpha value is -0.820. The summed E-state index contributed by atoms with van der Waals surface area (Å²) in [7, 11) is 0. The van der Waals surface area contributed by atoms with Crippen LogP contribution in [0, 0.1) is 5.92 Å². The molecule has 1 aromatic rings. The van der Waals surface area contributed by atoms with E-state index in [1.54, 1.807) is 0 Å². The first-order valence-electron chi connectivity index (χ1n) is 7.34. The molecule has 0 amide bonds. The molecule has 0 bridgehead atoms. The second kappa shape index (κ2) is 5.88. The van der Waals surface area contributed by atoms with Crippen molar-refractivity contribution in [1.82, 2.24) is 5.32 Å². The van der Waals surface area contributed by atoms with E-state index in [2.05, 4.69) is 56.4 Å². The number of hydrogen-bond donors (Lipinski definition) is 1. The lowest BCUT2D eigenvalue weighted by atomic mass is 9.77. The molecule has 100 valence electrons. The van der Waals surface area contributed by atoms with Gasteiger partial charge in [0.15, 0.2) is 0 Å². The third kappa shape index (κ3) is 4.13. The van der Waals surface area contributed by atoms with E-state index in [1.807, 2.05) is 0 Å². The van der Waals surface area contributed by atoms with E-state index in [-0.39, 0.29) is 5.54 Å². The third-order valence-corrected chi connectivity index (χ3v) is 3.99. The van der Waals surface area contributed by atoms with Gasteiger partial charge < -0.3 is 5.32 Å². The van der Waals surface area contributed by atoms with Gasteiger partial charge in [-0.05, 0) is 44.6 Å². The van der Waals surface area contributed by atoms with Crippen LogP contribution >= 0.6 is 0 Å². The summed E-state index contributed by atoms with van der Waals surface area (Å²) < 4.78 is 0. The second-order valence-corrected chi connectivity index (χ2v) is 6.77. The van der Waals surface area contributed by atoms with Crippen molar-refractivity contribution in [3.05, 3.63) is 35.9 Å². The minimum Gasteiger partial charge on any atom is -0.311 e. The van der Waals surface area contributed by atoms with Crippen LogP contribution in [0.3, 0.4) is 0 Å². The summed E-state index contributed by atoms with van der Waals surface area (Å²) in [5.74, 6) is 1.65. The van der Waals surface area contributed by atoms with Crippen molar-refractivity contribution in [3.63, 3.8) is 0 Å². The van der Waals surface area contributed by atoms with Crippen LogP contribution in [-0.4, -0.2) is 12.1 Å². The lowest BCUT2D eigenvalue weighted by molar-refractivity contribution is 0.266. The van der Waals surface area contributed by atoms with Crippen LogP contribution in [0.1, 0.15) is 57.9 Å². The van der Waals surface area contributed by atoms with Crippen LogP contribution in [-0.2, 0) is 0 Å². The summed E-state index contributed by atoms with van der Waals surface area (Å²) in [5.41, 5.74) is 1.72. The maximum absolute atomic E-state index is 3.67. The molecule has 1 N–H and O–H groups in total. The second-order valence-electron chi connectivity index (χ2n) is 6.77. The molecule has 0 spiro atoms. The average molecular weight is 245 g/mol. The van der Waals surface area contributed by atoms with E-state index >= 15 is 0 Å². The van der Waals surface area contributed by atoms with Crippen molar-refractivity contribution in [2.75, 3.05) is 6.54 Å². The zero-order valence-electron chi connectivity index (χ0n) is 12.1. The SMILES string of the molecule is CC(C)(C)NCC(CC1CCC1)c1ccccc1. The molecule has 0 heterocycles. The fourth-order valence-corrected chi connectivity index (χ4v) is 2.62. The maximum atomic E-state index is 3.67. The molecule has 1 aromatic carbocycles. The predicted octanol–water partition coefficient (Wildman–Crippen LogP) is 4.35. The van der Waals surface area contributed by atoms with Crippen LogP contribution in [0.2, 0.25) is 0 Å². The van der Waals surface area contributed by atoms with Gasteiger partial charge in [0.25, 0.3) is 0 Å². The molecule has 1 heteroatoms. The van der Waals surface area contributed by atoms with Crippen LogP contribution in [0.25, 0.3) is 0 Å². The van der Waals surface area contributed by atoms with Gasteiger partial charge in [0.1, 0.15) is 0 Å². The zero-order chi connectivity index (χ0) is 13.0. The summed E-state index contributed by atoms with van der Waals surface area (Å²) in [6.07, 6.45) is 5.68. The molecule has 2 rings (SSSR count). The van der Waals surface area contributed by atoms with Crippen molar-refractivity contribution in [2.24, 2.45) is 5.92 Å². The smallest absolute Gasteiger partial charge is 0.00967 e. The first-order chi connectivity index (χ1) is 8.54. The van der Waals surface area contributed by atoms with E-state index in [4.69, 9.17) is 0 Å². The van der Waals surface area contributed by atoms with Crippen LogP contribution < -0.4 is 5.32 Å². The van der Waals surface area contributed by atoms with Crippen molar-refractivity contribution in [1.29, 1.82) is 0 Å². The van der Waals surface area contributed by atoms with Crippen molar-refractivity contribution >= 4 is 0 Å². The fourth-order valence-electron chi connectivity index (χ4n) is 2.62. The highest BCUT2D eigenvalue weighted by Gasteiger charge is 2.24. The molecular formula is C17H27N. The Morgan fingerprint density at radius 3 is 2.33 bits per heavy atom. The summed E-state index contributed by atoms with van der Waals surface area (Å²) in [4.78, 5) is 0. The standard InChI is InChI=1S/C17H27N/c1-17(2,3)18-13-16(12-14-8-7-9-14)15-10-5-4-6-11-15/h4-6,10-11,14,16,18H,7-9,12-13H2,1-3H3. The minimum atomic E-state index is 0.215. The van der Waals surface area contributed by atoms with Crippen molar-refractivity contribution in [2.45, 2.75) is 57.9 Å². The Kier molecular flexibility index (Phi) is 4.45. The van der Waals surface area contributed by atoms with E-state index in [1.165, 1.54) is 31.2 Å². The Balaban J connectivity index is 1.98. The fraction of sp³-hybridized carbons (Fsp3) is 0.647. The summed E-state index contributed by atoms with van der Waals surface area (Å²) in [6, 6.07) is 11.0. The number of rotatable bonds is 5. The van der Waals surface area contributed by atoms with Gasteiger partial charge in [-0.15, -0.1) is 0 Å². The van der Waals surface area contributed by atoms with E-state index in [0.29, 0.717) is 5.92 Å².